The van der Waals surface area contributed by atoms with Gasteiger partial charge in [-0.15, -0.1) is 0 Å². The summed E-state index contributed by atoms with van der Waals surface area (Å²) in [4.78, 5) is 0. The molecule has 3 aromatic rings. The van der Waals surface area contributed by atoms with Crippen molar-refractivity contribution in [3.05, 3.63) is 114 Å². The van der Waals surface area contributed by atoms with E-state index in [9.17, 15) is 0 Å². The Kier molecular flexibility index (Phi) is 6.88. The fourth-order valence-corrected chi connectivity index (χ4v) is 6.16. The van der Waals surface area contributed by atoms with Gasteiger partial charge in [-0.2, -0.15) is 0 Å². The lowest BCUT2D eigenvalue weighted by molar-refractivity contribution is -0.557. The SMILES string of the molecule is C[Si](C)(C)OC(c1ccccc1)(c1ccccc1)C1CCC[N+]1=C/C=C/c1ccccc1. The Bertz CT molecular complexity index is 1010. The molecule has 3 heteroatoms. The van der Waals surface area contributed by atoms with Gasteiger partial charge in [-0.1, -0.05) is 91.0 Å². The van der Waals surface area contributed by atoms with Gasteiger partial charge in [0.1, 0.15) is 6.54 Å². The number of hydrogen-bond donors (Lipinski definition) is 0. The van der Waals surface area contributed by atoms with Crippen LogP contribution in [0.25, 0.3) is 6.08 Å². The third-order valence-electron chi connectivity index (χ3n) is 6.00. The predicted molar refractivity (Wildman–Crippen MR) is 138 cm³/mol. The molecule has 0 radical (unpaired) electrons. The highest BCUT2D eigenvalue weighted by molar-refractivity contribution is 6.69. The van der Waals surface area contributed by atoms with Gasteiger partial charge in [0.2, 0.25) is 0 Å². The van der Waals surface area contributed by atoms with Gasteiger partial charge in [-0.25, -0.2) is 4.58 Å². The van der Waals surface area contributed by atoms with E-state index in [1.54, 1.807) is 0 Å². The molecule has 1 aliphatic rings. The molecule has 0 aromatic heterocycles. The Labute approximate surface area is 194 Å². The monoisotopic (exact) mass is 440 g/mol. The summed E-state index contributed by atoms with van der Waals surface area (Å²) in [7, 11) is -1.90. The van der Waals surface area contributed by atoms with Crippen molar-refractivity contribution in [3.8, 4) is 0 Å². The van der Waals surface area contributed by atoms with Crippen LogP contribution >= 0.6 is 0 Å². The first-order chi connectivity index (χ1) is 15.5. The standard InChI is InChI=1S/C29H34NOSi/c1-32(2,3)31-29(26-18-9-5-10-19-26,27-20-11-6-12-21-27)28-22-14-24-30(28)23-13-17-25-15-7-4-8-16-25/h4-13,15-21,23,28H,14,22,24H2,1-3H3/q+1/b17-13+,30-23?. The molecule has 1 atom stereocenters. The van der Waals surface area contributed by atoms with Gasteiger partial charge in [0.15, 0.2) is 26.2 Å². The minimum absolute atomic E-state index is 0.236. The molecule has 3 aromatic carbocycles. The van der Waals surface area contributed by atoms with Gasteiger partial charge in [0.25, 0.3) is 0 Å². The van der Waals surface area contributed by atoms with Gasteiger partial charge in [0, 0.05) is 18.9 Å². The van der Waals surface area contributed by atoms with Crippen LogP contribution in [0.3, 0.4) is 0 Å². The minimum atomic E-state index is -1.90. The molecule has 0 aliphatic carbocycles. The summed E-state index contributed by atoms with van der Waals surface area (Å²) in [6.07, 6.45) is 8.89. The molecule has 0 saturated carbocycles. The normalized spacial score (nSPS) is 18.5. The Morgan fingerprint density at radius 1 is 0.812 bits per heavy atom. The molecule has 1 fully saturated rings. The fourth-order valence-electron chi connectivity index (χ4n) is 4.82. The topological polar surface area (TPSA) is 12.2 Å². The van der Waals surface area contributed by atoms with E-state index in [1.807, 2.05) is 0 Å². The number of benzene rings is 3. The molecule has 1 aliphatic heterocycles. The second-order valence-electron chi connectivity index (χ2n) is 9.50. The van der Waals surface area contributed by atoms with E-state index in [0.717, 1.165) is 19.4 Å². The third-order valence-corrected chi connectivity index (χ3v) is 6.94. The molecule has 0 spiro atoms. The van der Waals surface area contributed by atoms with Crippen LogP contribution < -0.4 is 0 Å². The number of hydrogen-bond acceptors (Lipinski definition) is 1. The van der Waals surface area contributed by atoms with Gasteiger partial charge < -0.3 is 4.43 Å². The van der Waals surface area contributed by atoms with E-state index >= 15 is 0 Å². The first kappa shape index (κ1) is 22.4. The van der Waals surface area contributed by atoms with E-state index in [1.165, 1.54) is 16.7 Å². The quantitative estimate of drug-likeness (QED) is 0.293. The van der Waals surface area contributed by atoms with Crippen molar-refractivity contribution in [3.63, 3.8) is 0 Å². The Morgan fingerprint density at radius 3 is 1.88 bits per heavy atom. The first-order valence-electron chi connectivity index (χ1n) is 11.6. The second kappa shape index (κ2) is 9.80. The van der Waals surface area contributed by atoms with Gasteiger partial charge in [0.05, 0.1) is 0 Å². The lowest BCUT2D eigenvalue weighted by Crippen LogP contribution is -2.52. The summed E-state index contributed by atoms with van der Waals surface area (Å²) in [5, 5.41) is 0. The maximum atomic E-state index is 7.23. The summed E-state index contributed by atoms with van der Waals surface area (Å²) < 4.78 is 9.73. The summed E-state index contributed by atoms with van der Waals surface area (Å²) in [5.74, 6) is 0. The molecule has 1 heterocycles. The fraction of sp³-hybridized carbons (Fsp3) is 0.276. The highest BCUT2D eigenvalue weighted by atomic mass is 28.4. The van der Waals surface area contributed by atoms with Crippen LogP contribution in [0.15, 0.2) is 97.1 Å². The van der Waals surface area contributed by atoms with Crippen LogP contribution in [0.5, 0.6) is 0 Å². The molecule has 32 heavy (non-hydrogen) atoms. The van der Waals surface area contributed by atoms with Crippen molar-refractivity contribution in [2.75, 3.05) is 6.54 Å². The highest BCUT2D eigenvalue weighted by Gasteiger charge is 2.53. The van der Waals surface area contributed by atoms with Crippen LogP contribution in [0.4, 0.5) is 0 Å². The van der Waals surface area contributed by atoms with E-state index < -0.39 is 13.9 Å². The molecule has 1 unspecified atom stereocenters. The molecular formula is C29H34NOSi+. The lowest BCUT2D eigenvalue weighted by Gasteiger charge is -2.42. The van der Waals surface area contributed by atoms with Crippen molar-refractivity contribution >= 4 is 20.6 Å². The molecule has 0 N–H and O–H groups in total. The van der Waals surface area contributed by atoms with Crippen LogP contribution in [0.2, 0.25) is 19.6 Å². The molecular weight excluding hydrogens is 406 g/mol. The maximum Gasteiger partial charge on any atom is 0.189 e. The van der Waals surface area contributed by atoms with Crippen LogP contribution in [-0.4, -0.2) is 31.7 Å². The summed E-state index contributed by atoms with van der Waals surface area (Å²) in [6.45, 7) is 7.93. The Balaban J connectivity index is 1.83. The third kappa shape index (κ3) is 5.00. The summed E-state index contributed by atoms with van der Waals surface area (Å²) in [5.41, 5.74) is 3.20. The van der Waals surface area contributed by atoms with E-state index in [2.05, 4.69) is 134 Å². The van der Waals surface area contributed by atoms with Gasteiger partial charge in [-0.05, 0) is 42.4 Å². The van der Waals surface area contributed by atoms with E-state index in [0.29, 0.717) is 0 Å². The average Bonchev–Trinajstić information content (AvgIpc) is 3.28. The van der Waals surface area contributed by atoms with Crippen LogP contribution in [0.1, 0.15) is 29.5 Å². The van der Waals surface area contributed by atoms with Crippen LogP contribution in [0, 0.1) is 0 Å². The van der Waals surface area contributed by atoms with Crippen molar-refractivity contribution in [1.29, 1.82) is 0 Å². The smallest absolute Gasteiger partial charge is 0.189 e. The Morgan fingerprint density at radius 2 is 1.34 bits per heavy atom. The zero-order valence-electron chi connectivity index (χ0n) is 19.4. The summed E-state index contributed by atoms with van der Waals surface area (Å²) >= 11 is 0. The van der Waals surface area contributed by atoms with Crippen molar-refractivity contribution in [2.24, 2.45) is 0 Å². The maximum absolute atomic E-state index is 7.23. The molecule has 0 amide bonds. The van der Waals surface area contributed by atoms with E-state index in [4.69, 9.17) is 4.43 Å². The number of allylic oxidation sites excluding steroid dienone is 1. The molecule has 0 bridgehead atoms. The number of nitrogens with zero attached hydrogens (tertiary/aromatic N) is 1. The molecule has 4 rings (SSSR count). The Hall–Kier alpha value is -2.75. The largest absolute Gasteiger partial charge is 0.399 e. The summed E-state index contributed by atoms with van der Waals surface area (Å²) in [6, 6.07) is 32.4. The average molecular weight is 441 g/mol. The van der Waals surface area contributed by atoms with Gasteiger partial charge >= 0.3 is 0 Å². The predicted octanol–water partition coefficient (Wildman–Crippen LogP) is 6.74. The minimum Gasteiger partial charge on any atom is -0.399 e. The lowest BCUT2D eigenvalue weighted by atomic mass is 9.79. The zero-order chi connectivity index (χ0) is 22.4. The van der Waals surface area contributed by atoms with Crippen molar-refractivity contribution in [2.45, 2.75) is 44.1 Å². The van der Waals surface area contributed by atoms with Gasteiger partial charge in [-0.3, -0.25) is 0 Å². The van der Waals surface area contributed by atoms with E-state index in [-0.39, 0.29) is 6.04 Å². The highest BCUT2D eigenvalue weighted by Crippen LogP contribution is 2.44. The van der Waals surface area contributed by atoms with Crippen molar-refractivity contribution in [1.82, 2.24) is 0 Å². The first-order valence-corrected chi connectivity index (χ1v) is 15.0. The zero-order valence-corrected chi connectivity index (χ0v) is 20.4. The molecule has 164 valence electrons. The number of rotatable bonds is 7. The van der Waals surface area contributed by atoms with Crippen molar-refractivity contribution < 1.29 is 9.00 Å². The molecule has 2 nitrogen and oxygen atoms in total. The second-order valence-corrected chi connectivity index (χ2v) is 13.9. The van der Waals surface area contributed by atoms with Crippen LogP contribution in [-0.2, 0) is 10.0 Å². The molecule has 1 saturated heterocycles.